The number of hydrogen-bond donors (Lipinski definition) is 2. The molecule has 2 unspecified atom stereocenters. The van der Waals surface area contributed by atoms with Crippen LogP contribution in [-0.2, 0) is 16.0 Å². The van der Waals surface area contributed by atoms with Crippen LogP contribution in [0.2, 0.25) is 0 Å². The number of carbonyl (C=O) groups excluding carboxylic acids is 2. The third-order valence-corrected chi connectivity index (χ3v) is 4.03. The monoisotopic (exact) mass is 318 g/mol. The van der Waals surface area contributed by atoms with E-state index in [1.165, 1.54) is 0 Å². The lowest BCUT2D eigenvalue weighted by molar-refractivity contribution is -0.127. The van der Waals surface area contributed by atoms with Crippen LogP contribution in [0.15, 0.2) is 24.3 Å². The van der Waals surface area contributed by atoms with Crippen molar-refractivity contribution in [2.24, 2.45) is 17.8 Å². The summed E-state index contributed by atoms with van der Waals surface area (Å²) >= 11 is 0. The summed E-state index contributed by atoms with van der Waals surface area (Å²) in [6.45, 7) is 5.32. The lowest BCUT2D eigenvalue weighted by Crippen LogP contribution is -2.32. The van der Waals surface area contributed by atoms with E-state index in [0.29, 0.717) is 31.8 Å². The Labute approximate surface area is 137 Å². The van der Waals surface area contributed by atoms with E-state index in [2.05, 4.69) is 24.5 Å². The van der Waals surface area contributed by atoms with Gasteiger partial charge in [-0.05, 0) is 30.4 Å². The van der Waals surface area contributed by atoms with E-state index in [4.69, 9.17) is 4.74 Å². The number of nitrogens with one attached hydrogen (secondary N) is 2. The molecule has 126 valence electrons. The van der Waals surface area contributed by atoms with Crippen LogP contribution in [0.4, 0.5) is 0 Å². The van der Waals surface area contributed by atoms with Crippen LogP contribution in [0.25, 0.3) is 0 Å². The van der Waals surface area contributed by atoms with Crippen LogP contribution >= 0.6 is 0 Å². The quantitative estimate of drug-likeness (QED) is 0.767. The molecule has 0 heterocycles. The van der Waals surface area contributed by atoms with Crippen molar-refractivity contribution in [1.29, 1.82) is 0 Å². The number of para-hydroxylation sites is 1. The van der Waals surface area contributed by atoms with Crippen LogP contribution in [-0.4, -0.2) is 32.0 Å². The van der Waals surface area contributed by atoms with Gasteiger partial charge in [-0.2, -0.15) is 0 Å². The molecule has 5 nitrogen and oxygen atoms in total. The molecule has 1 fully saturated rings. The molecule has 1 saturated carbocycles. The highest BCUT2D eigenvalue weighted by molar-refractivity contribution is 5.92. The summed E-state index contributed by atoms with van der Waals surface area (Å²) in [5.74, 6) is 0.915. The Morgan fingerprint density at radius 3 is 2.48 bits per heavy atom. The van der Waals surface area contributed by atoms with E-state index in [1.54, 1.807) is 7.11 Å². The number of amides is 2. The second-order valence-corrected chi connectivity index (χ2v) is 6.44. The first-order valence-electron chi connectivity index (χ1n) is 8.20. The van der Waals surface area contributed by atoms with Crippen molar-refractivity contribution in [3.63, 3.8) is 0 Å². The molecule has 1 aliphatic carbocycles. The Hall–Kier alpha value is -2.04. The smallest absolute Gasteiger partial charge is 0.223 e. The predicted octanol–water partition coefficient (Wildman–Crippen LogP) is 1.76. The van der Waals surface area contributed by atoms with Gasteiger partial charge in [0.2, 0.25) is 11.8 Å². The van der Waals surface area contributed by atoms with Gasteiger partial charge in [-0.25, -0.2) is 0 Å². The van der Waals surface area contributed by atoms with Gasteiger partial charge in [0.25, 0.3) is 0 Å². The van der Waals surface area contributed by atoms with E-state index >= 15 is 0 Å². The molecule has 2 atom stereocenters. The number of hydrogen-bond acceptors (Lipinski definition) is 3. The molecule has 0 bridgehead atoms. The van der Waals surface area contributed by atoms with E-state index in [-0.39, 0.29) is 23.7 Å². The molecule has 0 saturated heterocycles. The third-order valence-electron chi connectivity index (χ3n) is 4.03. The molecule has 5 heteroatoms. The van der Waals surface area contributed by atoms with Crippen LogP contribution in [0, 0.1) is 17.8 Å². The molecular formula is C18H26N2O3. The Morgan fingerprint density at radius 2 is 1.83 bits per heavy atom. The van der Waals surface area contributed by atoms with E-state index in [0.717, 1.165) is 11.3 Å². The number of carbonyl (C=O) groups is 2. The van der Waals surface area contributed by atoms with Gasteiger partial charge in [0, 0.05) is 13.1 Å². The predicted molar refractivity (Wildman–Crippen MR) is 89.2 cm³/mol. The van der Waals surface area contributed by atoms with Gasteiger partial charge in [-0.1, -0.05) is 32.0 Å². The Balaban J connectivity index is 1.71. The summed E-state index contributed by atoms with van der Waals surface area (Å²) in [4.78, 5) is 24.0. The lowest BCUT2D eigenvalue weighted by Gasteiger charge is -2.09. The van der Waals surface area contributed by atoms with Gasteiger partial charge < -0.3 is 15.4 Å². The summed E-state index contributed by atoms with van der Waals surface area (Å²) < 4.78 is 5.29. The van der Waals surface area contributed by atoms with Gasteiger partial charge in [0.05, 0.1) is 18.9 Å². The van der Waals surface area contributed by atoms with Crippen LogP contribution in [0.1, 0.15) is 25.8 Å². The van der Waals surface area contributed by atoms with Crippen molar-refractivity contribution in [2.45, 2.75) is 26.7 Å². The summed E-state index contributed by atoms with van der Waals surface area (Å²) in [7, 11) is 1.64. The highest BCUT2D eigenvalue weighted by Gasteiger charge is 2.47. The fraction of sp³-hybridized carbons (Fsp3) is 0.556. The molecule has 0 aliphatic heterocycles. The fourth-order valence-electron chi connectivity index (χ4n) is 2.57. The highest BCUT2D eigenvalue weighted by Crippen LogP contribution is 2.38. The highest BCUT2D eigenvalue weighted by atomic mass is 16.5. The molecule has 2 N–H and O–H groups in total. The molecule has 0 radical (unpaired) electrons. The third kappa shape index (κ3) is 4.98. The van der Waals surface area contributed by atoms with Gasteiger partial charge in [-0.15, -0.1) is 0 Å². The number of methoxy groups -OCH3 is 1. The van der Waals surface area contributed by atoms with Crippen molar-refractivity contribution < 1.29 is 14.3 Å². The van der Waals surface area contributed by atoms with Crippen molar-refractivity contribution in [1.82, 2.24) is 10.6 Å². The van der Waals surface area contributed by atoms with Crippen LogP contribution in [0.5, 0.6) is 5.75 Å². The second-order valence-electron chi connectivity index (χ2n) is 6.44. The summed E-state index contributed by atoms with van der Waals surface area (Å²) in [6, 6.07) is 7.78. The topological polar surface area (TPSA) is 67.4 Å². The first-order valence-corrected chi connectivity index (χ1v) is 8.20. The molecule has 23 heavy (non-hydrogen) atoms. The SMILES string of the molecule is COc1ccccc1CCNC(=O)C1CC1C(=O)NCC(C)C. The molecule has 0 spiro atoms. The van der Waals surface area contributed by atoms with Crippen molar-refractivity contribution in [3.05, 3.63) is 29.8 Å². The molecule has 2 amide bonds. The first kappa shape index (κ1) is 17.3. The minimum Gasteiger partial charge on any atom is -0.496 e. The molecule has 0 aromatic heterocycles. The molecule has 1 aliphatic rings. The largest absolute Gasteiger partial charge is 0.496 e. The average Bonchev–Trinajstić information content (AvgIpc) is 3.33. The van der Waals surface area contributed by atoms with Gasteiger partial charge in [-0.3, -0.25) is 9.59 Å². The molecule has 1 aromatic rings. The van der Waals surface area contributed by atoms with Gasteiger partial charge in [0.1, 0.15) is 5.75 Å². The molecule has 1 aromatic carbocycles. The Bertz CT molecular complexity index is 557. The second kappa shape index (κ2) is 7.99. The van der Waals surface area contributed by atoms with E-state index in [9.17, 15) is 9.59 Å². The van der Waals surface area contributed by atoms with E-state index < -0.39 is 0 Å². The van der Waals surface area contributed by atoms with Crippen molar-refractivity contribution in [2.75, 3.05) is 20.2 Å². The van der Waals surface area contributed by atoms with Crippen molar-refractivity contribution >= 4 is 11.8 Å². The van der Waals surface area contributed by atoms with Gasteiger partial charge in [0.15, 0.2) is 0 Å². The van der Waals surface area contributed by atoms with Gasteiger partial charge >= 0.3 is 0 Å². The zero-order chi connectivity index (χ0) is 16.8. The minimum atomic E-state index is -0.167. The zero-order valence-corrected chi connectivity index (χ0v) is 14.1. The standard InChI is InChI=1S/C18H26N2O3/c1-12(2)11-20-18(22)15-10-14(15)17(21)19-9-8-13-6-4-5-7-16(13)23-3/h4-7,12,14-15H,8-11H2,1-3H3,(H,19,21)(H,20,22). The molecule has 2 rings (SSSR count). The summed E-state index contributed by atoms with van der Waals surface area (Å²) in [5.41, 5.74) is 1.07. The maximum absolute atomic E-state index is 12.1. The Kier molecular flexibility index (Phi) is 6.02. The van der Waals surface area contributed by atoms with Crippen molar-refractivity contribution in [3.8, 4) is 5.75 Å². The maximum Gasteiger partial charge on any atom is 0.223 e. The number of ether oxygens (including phenoxy) is 1. The van der Waals surface area contributed by atoms with Crippen LogP contribution < -0.4 is 15.4 Å². The number of benzene rings is 1. The minimum absolute atomic E-state index is 0.00331. The maximum atomic E-state index is 12.1. The van der Waals surface area contributed by atoms with E-state index in [1.807, 2.05) is 24.3 Å². The zero-order valence-electron chi connectivity index (χ0n) is 14.1. The fourth-order valence-corrected chi connectivity index (χ4v) is 2.57. The van der Waals surface area contributed by atoms with Crippen LogP contribution in [0.3, 0.4) is 0 Å². The lowest BCUT2D eigenvalue weighted by atomic mass is 10.1. The summed E-state index contributed by atoms with van der Waals surface area (Å²) in [5, 5.41) is 5.81. The molecular weight excluding hydrogens is 292 g/mol. The number of rotatable bonds is 8. The normalized spacial score (nSPS) is 19.3. The summed E-state index contributed by atoms with van der Waals surface area (Å²) in [6.07, 6.45) is 1.37. The average molecular weight is 318 g/mol. The Morgan fingerprint density at radius 1 is 1.17 bits per heavy atom. The first-order chi connectivity index (χ1) is 11.0.